The van der Waals surface area contributed by atoms with Crippen molar-refractivity contribution in [2.24, 2.45) is 11.5 Å². The predicted octanol–water partition coefficient (Wildman–Crippen LogP) is -0.884. The quantitative estimate of drug-likeness (QED) is 0.561. The van der Waals surface area contributed by atoms with E-state index in [1.54, 1.807) is 0 Å². The Bertz CT molecular complexity index is 154. The first kappa shape index (κ1) is 10.0. The van der Waals surface area contributed by atoms with Gasteiger partial charge in [-0.25, -0.2) is 4.39 Å². The summed E-state index contributed by atoms with van der Waals surface area (Å²) in [6.45, 7) is 1.23. The number of hydrogen-bond donors (Lipinski definition) is 2. The number of primary amides is 1. The van der Waals surface area contributed by atoms with E-state index in [9.17, 15) is 14.0 Å². The van der Waals surface area contributed by atoms with Crippen LogP contribution in [-0.4, -0.2) is 23.9 Å². The highest BCUT2D eigenvalue weighted by molar-refractivity contribution is 5.83. The van der Waals surface area contributed by atoms with Crippen LogP contribution in [0.15, 0.2) is 0 Å². The number of carbonyl (C=O) groups is 2. The third kappa shape index (κ3) is 3.67. The monoisotopic (exact) mass is 161 g/mol. The molecule has 5 heteroatoms. The minimum atomic E-state index is -1.83. The van der Waals surface area contributed by atoms with E-state index in [0.717, 1.165) is 0 Å². The average molecular weight is 161 g/mol. The lowest BCUT2D eigenvalue weighted by atomic mass is 10.1. The highest BCUT2D eigenvalue weighted by Gasteiger charge is 2.19. The van der Waals surface area contributed by atoms with Crippen molar-refractivity contribution >= 4 is 11.7 Å². The molecule has 4 N–H and O–H groups in total. The smallest absolute Gasteiger partial charge is 0.252 e. The average Bonchev–Trinajstić information content (AvgIpc) is 1.87. The molecule has 0 fully saturated rings. The summed E-state index contributed by atoms with van der Waals surface area (Å²) in [4.78, 5) is 20.6. The van der Waals surface area contributed by atoms with Crippen LogP contribution in [-0.2, 0) is 9.59 Å². The Kier molecular flexibility index (Phi) is 3.67. The second-order valence-corrected chi connectivity index (χ2v) is 2.32. The number of ketones is 1. The lowest BCUT2D eigenvalue weighted by molar-refractivity contribution is -0.124. The van der Waals surface area contributed by atoms with E-state index in [0.29, 0.717) is 0 Å². The molecule has 0 aromatic heterocycles. The molecule has 0 aromatic rings. The van der Waals surface area contributed by atoms with Crippen molar-refractivity contribution < 1.29 is 14.0 Å². The minimum Gasteiger partial charge on any atom is -0.367 e. The van der Waals surface area contributed by atoms with Gasteiger partial charge in [-0.15, -0.1) is 0 Å². The van der Waals surface area contributed by atoms with Crippen molar-refractivity contribution in [3.8, 4) is 0 Å². The summed E-state index contributed by atoms with van der Waals surface area (Å²) in [6.07, 6.45) is -2.15. The van der Waals surface area contributed by atoms with Gasteiger partial charge in [-0.2, -0.15) is 0 Å². The zero-order valence-electron chi connectivity index (χ0n) is 6.21. The van der Waals surface area contributed by atoms with Crippen LogP contribution in [0.25, 0.3) is 0 Å². The van der Waals surface area contributed by atoms with Gasteiger partial charge in [0.2, 0.25) is 0 Å². The van der Waals surface area contributed by atoms with Gasteiger partial charge in [0.15, 0.2) is 6.17 Å². The summed E-state index contributed by atoms with van der Waals surface area (Å²) in [7, 11) is 0. The normalized spacial score (nSPS) is 15.5. The fourth-order valence-electron chi connectivity index (χ4n) is 0.505. The highest BCUT2D eigenvalue weighted by atomic mass is 18.2. The molecule has 0 heterocycles. The molecule has 1 amide bonds. The van der Waals surface area contributed by atoms with Crippen LogP contribution in [0.2, 0.25) is 0 Å². The van der Waals surface area contributed by atoms with Gasteiger partial charge in [0, 0.05) is 6.42 Å². The number of carbonyl (C=O) groups excluding carboxylic acids is 2. The molecule has 0 saturated heterocycles. The van der Waals surface area contributed by atoms with Crippen LogP contribution < -0.4 is 11.5 Å². The van der Waals surface area contributed by atoms with E-state index in [1.165, 1.54) is 6.92 Å². The Labute approximate surface area is 63.7 Å². The van der Waals surface area contributed by atoms with Gasteiger partial charge in [0.25, 0.3) is 5.91 Å². The lowest BCUT2D eigenvalue weighted by Crippen LogP contribution is -2.36. The van der Waals surface area contributed by atoms with Gasteiger partial charge >= 0.3 is 0 Å². The fourth-order valence-corrected chi connectivity index (χ4v) is 0.505. The molecule has 0 unspecified atom stereocenters. The largest absolute Gasteiger partial charge is 0.367 e. The fraction of sp³-hybridized carbons (Fsp3) is 0.667. The molecular formula is C6H11FN2O2. The molecule has 11 heavy (non-hydrogen) atoms. The summed E-state index contributed by atoms with van der Waals surface area (Å²) in [6, 6.07) is -0.933. The second kappa shape index (κ2) is 4.02. The number of halogens is 1. The number of rotatable bonds is 4. The molecule has 64 valence electrons. The summed E-state index contributed by atoms with van der Waals surface area (Å²) >= 11 is 0. The lowest BCUT2D eigenvalue weighted by Gasteiger charge is -2.08. The maximum absolute atomic E-state index is 12.4. The van der Waals surface area contributed by atoms with Gasteiger partial charge in [0.1, 0.15) is 5.78 Å². The number of amides is 1. The van der Waals surface area contributed by atoms with E-state index in [1.807, 2.05) is 0 Å². The maximum atomic E-state index is 12.4. The van der Waals surface area contributed by atoms with Crippen molar-refractivity contribution in [3.05, 3.63) is 0 Å². The van der Waals surface area contributed by atoms with Gasteiger partial charge < -0.3 is 11.5 Å². The van der Waals surface area contributed by atoms with E-state index < -0.39 is 18.1 Å². The van der Waals surface area contributed by atoms with E-state index in [2.05, 4.69) is 5.73 Å². The van der Waals surface area contributed by atoms with Gasteiger partial charge in [-0.3, -0.25) is 9.59 Å². The molecule has 0 aromatic carbocycles. The van der Waals surface area contributed by atoms with Gasteiger partial charge in [0.05, 0.1) is 6.04 Å². The van der Waals surface area contributed by atoms with Crippen LogP contribution >= 0.6 is 0 Å². The molecular weight excluding hydrogens is 150 g/mol. The Hall–Kier alpha value is -0.970. The van der Waals surface area contributed by atoms with Crippen LogP contribution in [0.4, 0.5) is 4.39 Å². The van der Waals surface area contributed by atoms with Crippen LogP contribution in [0.5, 0.6) is 0 Å². The van der Waals surface area contributed by atoms with Crippen LogP contribution in [0, 0.1) is 0 Å². The summed E-state index contributed by atoms with van der Waals surface area (Å²) < 4.78 is 12.4. The van der Waals surface area contributed by atoms with Crippen molar-refractivity contribution in [3.63, 3.8) is 0 Å². The molecule has 0 spiro atoms. The van der Waals surface area contributed by atoms with Gasteiger partial charge in [-0.05, 0) is 6.92 Å². The van der Waals surface area contributed by atoms with Crippen molar-refractivity contribution in [1.29, 1.82) is 0 Å². The van der Waals surface area contributed by atoms with Crippen LogP contribution in [0.1, 0.15) is 13.3 Å². The summed E-state index contributed by atoms with van der Waals surface area (Å²) in [5.41, 5.74) is 9.76. The predicted molar refractivity (Wildman–Crippen MR) is 37.4 cm³/mol. The maximum Gasteiger partial charge on any atom is 0.252 e. The van der Waals surface area contributed by atoms with Crippen molar-refractivity contribution in [1.82, 2.24) is 0 Å². The van der Waals surface area contributed by atoms with E-state index in [-0.39, 0.29) is 12.2 Å². The molecule has 0 rings (SSSR count). The molecule has 0 bridgehead atoms. The van der Waals surface area contributed by atoms with Crippen molar-refractivity contribution in [2.75, 3.05) is 0 Å². The molecule has 2 atom stereocenters. The zero-order valence-corrected chi connectivity index (χ0v) is 6.21. The molecule has 0 aliphatic carbocycles. The number of alkyl halides is 1. The molecule has 0 aliphatic heterocycles. The Morgan fingerprint density at radius 3 is 2.27 bits per heavy atom. The zero-order chi connectivity index (χ0) is 9.02. The highest BCUT2D eigenvalue weighted by Crippen LogP contribution is 2.00. The molecule has 4 nitrogen and oxygen atoms in total. The number of Topliss-reactive ketones (excluding diaryl/α,β-unsaturated/α-hetero) is 1. The SMILES string of the molecule is CC(=O)[C@H](N)C[C@H]([18F])C(N)=O. The number of hydrogen-bond acceptors (Lipinski definition) is 3. The van der Waals surface area contributed by atoms with E-state index >= 15 is 0 Å². The van der Waals surface area contributed by atoms with Gasteiger partial charge in [-0.1, -0.05) is 0 Å². The Morgan fingerprint density at radius 1 is 1.55 bits per heavy atom. The molecule has 0 saturated carbocycles. The van der Waals surface area contributed by atoms with E-state index in [4.69, 9.17) is 5.73 Å². The third-order valence-corrected chi connectivity index (χ3v) is 1.29. The number of nitrogens with two attached hydrogens (primary N) is 2. The summed E-state index contributed by atoms with van der Waals surface area (Å²) in [5, 5.41) is 0. The molecule has 0 aliphatic rings. The first-order chi connectivity index (χ1) is 4.95. The Balaban J connectivity index is 3.84. The van der Waals surface area contributed by atoms with Crippen molar-refractivity contribution in [2.45, 2.75) is 25.6 Å². The second-order valence-electron chi connectivity index (χ2n) is 2.32. The third-order valence-electron chi connectivity index (χ3n) is 1.29. The topological polar surface area (TPSA) is 86.2 Å². The minimum absolute atomic E-state index is 0.329. The summed E-state index contributed by atoms with van der Waals surface area (Å²) in [5.74, 6) is -1.43. The Morgan fingerprint density at radius 2 is 2.00 bits per heavy atom. The standard InChI is InChI=1S/C6H11FN2O2/c1-3(10)5(8)2-4(7)6(9)11/h4-5H,2,8H2,1H3,(H2,9,11)/t4-,5+/m0/s1/i7-1. The first-order valence-corrected chi connectivity index (χ1v) is 3.14. The van der Waals surface area contributed by atoms with Crippen LogP contribution in [0.3, 0.4) is 0 Å². The first-order valence-electron chi connectivity index (χ1n) is 3.14. The molecule has 0 radical (unpaired) electrons.